The lowest BCUT2D eigenvalue weighted by Crippen LogP contribution is -2.54. The maximum Gasteiger partial charge on any atom is 0.136 e. The normalized spacial score (nSPS) is 47.0. The Kier molecular flexibility index (Phi) is 7.28. The molecule has 5 heteroatoms. The van der Waals surface area contributed by atoms with Crippen molar-refractivity contribution in [3.63, 3.8) is 0 Å². The van der Waals surface area contributed by atoms with Gasteiger partial charge in [0.2, 0.25) is 0 Å². The second-order valence-electron chi connectivity index (χ2n) is 13.4. The van der Waals surface area contributed by atoms with Crippen molar-refractivity contribution in [1.29, 1.82) is 0 Å². The quantitative estimate of drug-likeness (QED) is 0.434. The third-order valence-electron chi connectivity index (χ3n) is 11.7. The topological polar surface area (TPSA) is 57.5 Å². The van der Waals surface area contributed by atoms with Gasteiger partial charge in [0.25, 0.3) is 0 Å². The average Bonchev–Trinajstić information content (AvgIpc) is 3.38. The Morgan fingerprint density at radius 1 is 1.00 bits per heavy atom. The molecular formula is C29H48O3S2. The molecule has 2 N–H and O–H groups in total. The van der Waals surface area contributed by atoms with Crippen LogP contribution in [0, 0.1) is 52.3 Å². The standard InChI is InChI=1S/C29H48O3S2/c1-18(17-30)5-8-25(32)19(2)26-28(4)12-10-23-22(24(28)16-29(26)33-13-14-34-29)7-6-20-15-21(31)9-11-27(20,23)3/h18-24,26,30-31H,5-17H2,1-4H3. The van der Waals surface area contributed by atoms with Crippen LogP contribution in [0.15, 0.2) is 0 Å². The van der Waals surface area contributed by atoms with Crippen LogP contribution in [-0.2, 0) is 4.79 Å². The fraction of sp³-hybridized carbons (Fsp3) is 0.966. The van der Waals surface area contributed by atoms with Gasteiger partial charge in [-0.15, -0.1) is 23.5 Å². The van der Waals surface area contributed by atoms with Crippen LogP contribution in [0.5, 0.6) is 0 Å². The summed E-state index contributed by atoms with van der Waals surface area (Å²) >= 11 is 4.40. The molecule has 10 atom stereocenters. The molecule has 1 heterocycles. The molecule has 3 nitrogen and oxygen atoms in total. The molecule has 1 saturated heterocycles. The smallest absolute Gasteiger partial charge is 0.136 e. The highest BCUT2D eigenvalue weighted by Gasteiger charge is 2.68. The van der Waals surface area contributed by atoms with E-state index in [0.717, 1.165) is 37.0 Å². The SMILES string of the molecule is CC(CO)CCC(=O)C(C)C1C2(CC3C4CCC5CC(O)CCC5(C)C4CCC31C)SCCS2. The third kappa shape index (κ3) is 4.06. The van der Waals surface area contributed by atoms with Gasteiger partial charge in [0.05, 0.1) is 10.2 Å². The van der Waals surface area contributed by atoms with E-state index in [1.54, 1.807) is 0 Å². The molecule has 0 radical (unpaired) electrons. The molecule has 0 bridgehead atoms. The van der Waals surface area contributed by atoms with Crippen LogP contribution in [0.25, 0.3) is 0 Å². The Hall–Kier alpha value is 0.290. The van der Waals surface area contributed by atoms with Crippen molar-refractivity contribution in [3.8, 4) is 0 Å². The number of hydrogen-bond donors (Lipinski definition) is 2. The number of hydrogen-bond acceptors (Lipinski definition) is 5. The molecule has 5 aliphatic rings. The summed E-state index contributed by atoms with van der Waals surface area (Å²) in [5.74, 6) is 6.77. The van der Waals surface area contributed by atoms with Crippen LogP contribution >= 0.6 is 23.5 Å². The van der Waals surface area contributed by atoms with Gasteiger partial charge in [-0.3, -0.25) is 4.79 Å². The molecule has 5 fully saturated rings. The summed E-state index contributed by atoms with van der Waals surface area (Å²) in [6.45, 7) is 9.67. The minimum atomic E-state index is -0.0747. The summed E-state index contributed by atoms with van der Waals surface area (Å²) in [4.78, 5) is 13.5. The van der Waals surface area contributed by atoms with Crippen molar-refractivity contribution in [2.24, 2.45) is 52.3 Å². The van der Waals surface area contributed by atoms with Gasteiger partial charge in [-0.2, -0.15) is 0 Å². The van der Waals surface area contributed by atoms with Crippen molar-refractivity contribution in [2.75, 3.05) is 18.1 Å². The zero-order valence-electron chi connectivity index (χ0n) is 21.9. The molecule has 194 valence electrons. The summed E-state index contributed by atoms with van der Waals surface area (Å²) in [5.41, 5.74) is 0.674. The molecular weight excluding hydrogens is 460 g/mol. The van der Waals surface area contributed by atoms with Gasteiger partial charge in [-0.1, -0.05) is 27.7 Å². The molecule has 0 aromatic rings. The van der Waals surface area contributed by atoms with E-state index in [4.69, 9.17) is 0 Å². The van der Waals surface area contributed by atoms with Crippen molar-refractivity contribution in [2.45, 2.75) is 102 Å². The van der Waals surface area contributed by atoms with E-state index < -0.39 is 0 Å². The van der Waals surface area contributed by atoms with E-state index in [1.807, 2.05) is 0 Å². The highest BCUT2D eigenvalue weighted by Crippen LogP contribution is 2.75. The molecule has 10 unspecified atom stereocenters. The van der Waals surface area contributed by atoms with Crippen LogP contribution in [0.1, 0.15) is 91.9 Å². The fourth-order valence-electron chi connectivity index (χ4n) is 9.90. The molecule has 5 rings (SSSR count). The van der Waals surface area contributed by atoms with Gasteiger partial charge in [0.15, 0.2) is 0 Å². The van der Waals surface area contributed by atoms with Crippen LogP contribution in [0.2, 0.25) is 0 Å². The largest absolute Gasteiger partial charge is 0.396 e. The lowest BCUT2D eigenvalue weighted by Gasteiger charge is -2.61. The van der Waals surface area contributed by atoms with Crippen LogP contribution < -0.4 is 0 Å². The van der Waals surface area contributed by atoms with Crippen molar-refractivity contribution < 1.29 is 15.0 Å². The monoisotopic (exact) mass is 508 g/mol. The van der Waals surface area contributed by atoms with E-state index in [2.05, 4.69) is 51.2 Å². The summed E-state index contributed by atoms with van der Waals surface area (Å²) in [7, 11) is 0. The number of ketones is 1. The summed E-state index contributed by atoms with van der Waals surface area (Å²) in [5, 5.41) is 19.8. The van der Waals surface area contributed by atoms with Crippen molar-refractivity contribution in [3.05, 3.63) is 0 Å². The average molecular weight is 509 g/mol. The first kappa shape index (κ1) is 25.9. The van der Waals surface area contributed by atoms with Crippen molar-refractivity contribution >= 4 is 29.3 Å². The van der Waals surface area contributed by atoms with E-state index >= 15 is 0 Å². The fourth-order valence-corrected chi connectivity index (χ4v) is 14.0. The number of carbonyl (C=O) groups excluding carboxylic acids is 1. The first-order chi connectivity index (χ1) is 16.1. The van der Waals surface area contributed by atoms with Crippen LogP contribution in [0.4, 0.5) is 0 Å². The lowest BCUT2D eigenvalue weighted by molar-refractivity contribution is -0.136. The number of fused-ring (bicyclic) bond motifs is 5. The van der Waals surface area contributed by atoms with Gasteiger partial charge in [-0.05, 0) is 104 Å². The minimum absolute atomic E-state index is 0.0747. The minimum Gasteiger partial charge on any atom is -0.396 e. The molecule has 4 aliphatic carbocycles. The Bertz CT molecular complexity index is 766. The molecule has 1 spiro atoms. The maximum absolute atomic E-state index is 13.5. The van der Waals surface area contributed by atoms with Gasteiger partial charge in [0.1, 0.15) is 5.78 Å². The van der Waals surface area contributed by atoms with Gasteiger partial charge >= 0.3 is 0 Å². The van der Waals surface area contributed by atoms with Gasteiger partial charge in [0, 0.05) is 30.5 Å². The highest BCUT2D eigenvalue weighted by molar-refractivity contribution is 8.21. The number of aliphatic hydroxyl groups excluding tert-OH is 2. The van der Waals surface area contributed by atoms with Crippen LogP contribution in [0.3, 0.4) is 0 Å². The molecule has 4 saturated carbocycles. The van der Waals surface area contributed by atoms with E-state index in [9.17, 15) is 15.0 Å². The summed E-state index contributed by atoms with van der Waals surface area (Å²) in [6.07, 6.45) is 11.1. The second-order valence-corrected chi connectivity index (χ2v) is 16.5. The first-order valence-corrected chi connectivity index (χ1v) is 16.2. The molecule has 0 amide bonds. The van der Waals surface area contributed by atoms with Crippen LogP contribution in [-0.4, -0.2) is 44.3 Å². The molecule has 0 aromatic heterocycles. The Morgan fingerprint density at radius 3 is 2.41 bits per heavy atom. The maximum atomic E-state index is 13.5. The van der Waals surface area contributed by atoms with Crippen molar-refractivity contribution in [1.82, 2.24) is 0 Å². The highest BCUT2D eigenvalue weighted by atomic mass is 32.2. The van der Waals surface area contributed by atoms with E-state index in [-0.39, 0.29) is 34.0 Å². The van der Waals surface area contributed by atoms with Gasteiger partial charge < -0.3 is 10.2 Å². The zero-order valence-corrected chi connectivity index (χ0v) is 23.6. The molecule has 34 heavy (non-hydrogen) atoms. The second kappa shape index (κ2) is 9.55. The molecule has 1 aliphatic heterocycles. The predicted octanol–water partition coefficient (Wildman–Crippen LogP) is 6.41. The molecule has 0 aromatic carbocycles. The van der Waals surface area contributed by atoms with E-state index in [1.165, 1.54) is 50.0 Å². The zero-order chi connectivity index (χ0) is 24.3. The summed E-state index contributed by atoms with van der Waals surface area (Å²) in [6, 6.07) is 0. The number of rotatable bonds is 6. The summed E-state index contributed by atoms with van der Waals surface area (Å²) < 4.78 is 0.229. The number of aliphatic hydroxyl groups is 2. The van der Waals surface area contributed by atoms with E-state index in [0.29, 0.717) is 29.5 Å². The number of thioether (sulfide) groups is 2. The Labute approximate surface area is 216 Å². The number of carbonyl (C=O) groups is 1. The Morgan fingerprint density at radius 2 is 1.71 bits per heavy atom. The Balaban J connectivity index is 1.42. The predicted molar refractivity (Wildman–Crippen MR) is 144 cm³/mol. The number of Topliss-reactive ketones (excluding diaryl/α,β-unsaturated/α-hetero) is 1. The third-order valence-corrected chi connectivity index (χ3v) is 15.3. The first-order valence-electron chi connectivity index (χ1n) is 14.2. The van der Waals surface area contributed by atoms with Gasteiger partial charge in [-0.25, -0.2) is 0 Å². The lowest BCUT2D eigenvalue weighted by atomic mass is 9.44.